The van der Waals surface area contributed by atoms with E-state index in [1.165, 1.54) is 9.75 Å². The van der Waals surface area contributed by atoms with E-state index in [1.54, 1.807) is 0 Å². The lowest BCUT2D eigenvalue weighted by Crippen LogP contribution is -2.43. The summed E-state index contributed by atoms with van der Waals surface area (Å²) in [6, 6.07) is 6.69. The molecular formula is C16H26IN5S. The van der Waals surface area contributed by atoms with Crippen molar-refractivity contribution in [1.29, 1.82) is 0 Å². The number of halogens is 1. The van der Waals surface area contributed by atoms with Crippen molar-refractivity contribution in [2.75, 3.05) is 13.6 Å². The molecule has 0 aliphatic rings. The largest absolute Gasteiger partial charge is 0.356 e. The van der Waals surface area contributed by atoms with Gasteiger partial charge in [0.05, 0.1) is 0 Å². The molecule has 0 aliphatic carbocycles. The number of aromatic nitrogens is 2. The second-order valence-corrected chi connectivity index (χ2v) is 6.76. The van der Waals surface area contributed by atoms with Crippen molar-refractivity contribution < 1.29 is 0 Å². The van der Waals surface area contributed by atoms with E-state index >= 15 is 0 Å². The smallest absolute Gasteiger partial charge is 0.191 e. The summed E-state index contributed by atoms with van der Waals surface area (Å²) < 4.78 is 1.94. The maximum Gasteiger partial charge on any atom is 0.191 e. The molecule has 0 saturated heterocycles. The van der Waals surface area contributed by atoms with E-state index in [0.717, 1.165) is 31.9 Å². The van der Waals surface area contributed by atoms with Gasteiger partial charge >= 0.3 is 0 Å². The Balaban J connectivity index is 0.00000264. The number of guanidine groups is 1. The number of hydrogen-bond acceptors (Lipinski definition) is 3. The Kier molecular flexibility index (Phi) is 9.23. The van der Waals surface area contributed by atoms with E-state index in [4.69, 9.17) is 0 Å². The summed E-state index contributed by atoms with van der Waals surface area (Å²) in [5.41, 5.74) is 0. The maximum absolute atomic E-state index is 4.28. The number of rotatable bonds is 7. The van der Waals surface area contributed by atoms with Crippen LogP contribution in [0.5, 0.6) is 0 Å². The summed E-state index contributed by atoms with van der Waals surface area (Å²) in [7, 11) is 1.81. The number of aryl methyl sites for hydroxylation is 2. The molecule has 128 valence electrons. The van der Waals surface area contributed by atoms with Gasteiger partial charge in [-0.2, -0.15) is 5.10 Å². The lowest BCUT2D eigenvalue weighted by molar-refractivity contribution is 0.565. The van der Waals surface area contributed by atoms with E-state index in [1.807, 2.05) is 41.5 Å². The lowest BCUT2D eigenvalue weighted by atomic mass is 10.2. The molecule has 1 atom stereocenters. The quantitative estimate of drug-likeness (QED) is 0.297. The average Bonchev–Trinajstić information content (AvgIpc) is 3.14. The SMILES string of the molecule is CN=C(NCCCn1cccn1)NC(C)Cc1ccc(C)s1.I. The Morgan fingerprint density at radius 1 is 1.43 bits per heavy atom. The van der Waals surface area contributed by atoms with Gasteiger partial charge in [0.1, 0.15) is 0 Å². The number of hydrogen-bond donors (Lipinski definition) is 2. The first-order valence-corrected chi connectivity index (χ1v) is 8.49. The summed E-state index contributed by atoms with van der Waals surface area (Å²) in [6.45, 7) is 6.13. The van der Waals surface area contributed by atoms with Gasteiger partial charge in [0.2, 0.25) is 0 Å². The third kappa shape index (κ3) is 7.34. The highest BCUT2D eigenvalue weighted by Gasteiger charge is 2.07. The molecule has 7 heteroatoms. The van der Waals surface area contributed by atoms with Crippen LogP contribution in [0.4, 0.5) is 0 Å². The van der Waals surface area contributed by atoms with Crippen LogP contribution in [0.1, 0.15) is 23.1 Å². The number of nitrogens with one attached hydrogen (secondary N) is 2. The van der Waals surface area contributed by atoms with Gasteiger partial charge in [0.25, 0.3) is 0 Å². The number of nitrogens with zero attached hydrogens (tertiary/aromatic N) is 3. The predicted molar refractivity (Wildman–Crippen MR) is 109 cm³/mol. The fourth-order valence-corrected chi connectivity index (χ4v) is 3.28. The van der Waals surface area contributed by atoms with Crippen molar-refractivity contribution in [3.63, 3.8) is 0 Å². The molecule has 2 heterocycles. The second kappa shape index (κ2) is 10.6. The second-order valence-electron chi connectivity index (χ2n) is 5.38. The number of aliphatic imine (C=N–C) groups is 1. The third-order valence-electron chi connectivity index (χ3n) is 3.33. The molecule has 0 radical (unpaired) electrons. The standard InChI is InChI=1S/C16H25N5S.HI/c1-13(12-15-7-6-14(2)22-15)20-16(17-3)18-8-4-10-21-11-5-9-19-21;/h5-7,9,11,13H,4,8,10,12H2,1-3H3,(H2,17,18,20);1H. The molecule has 1 unspecified atom stereocenters. The molecule has 0 bridgehead atoms. The van der Waals surface area contributed by atoms with Crippen LogP contribution in [0.15, 0.2) is 35.6 Å². The molecule has 2 N–H and O–H groups in total. The first kappa shape index (κ1) is 20.0. The van der Waals surface area contributed by atoms with Crippen LogP contribution in [-0.4, -0.2) is 35.4 Å². The van der Waals surface area contributed by atoms with Crippen molar-refractivity contribution in [3.05, 3.63) is 40.3 Å². The van der Waals surface area contributed by atoms with Crippen molar-refractivity contribution in [2.24, 2.45) is 4.99 Å². The lowest BCUT2D eigenvalue weighted by Gasteiger charge is -2.17. The number of thiophene rings is 1. The Bertz CT molecular complexity index is 579. The Morgan fingerprint density at radius 3 is 2.87 bits per heavy atom. The van der Waals surface area contributed by atoms with E-state index < -0.39 is 0 Å². The molecule has 2 aromatic heterocycles. The molecule has 0 fully saturated rings. The molecular weight excluding hydrogens is 421 g/mol. The van der Waals surface area contributed by atoms with Crippen LogP contribution in [0.3, 0.4) is 0 Å². The summed E-state index contributed by atoms with van der Waals surface area (Å²) >= 11 is 1.86. The van der Waals surface area contributed by atoms with Crippen molar-refractivity contribution in [2.45, 2.75) is 39.3 Å². The van der Waals surface area contributed by atoms with Gasteiger partial charge in [-0.25, -0.2) is 0 Å². The highest BCUT2D eigenvalue weighted by atomic mass is 127. The van der Waals surface area contributed by atoms with Crippen LogP contribution < -0.4 is 10.6 Å². The summed E-state index contributed by atoms with van der Waals surface area (Å²) in [4.78, 5) is 7.06. The van der Waals surface area contributed by atoms with E-state index in [9.17, 15) is 0 Å². The zero-order valence-electron chi connectivity index (χ0n) is 14.0. The molecule has 0 spiro atoms. The van der Waals surface area contributed by atoms with Gasteiger partial charge in [0.15, 0.2) is 5.96 Å². The van der Waals surface area contributed by atoms with Crippen molar-refractivity contribution in [1.82, 2.24) is 20.4 Å². The van der Waals surface area contributed by atoms with E-state index in [0.29, 0.717) is 6.04 Å². The summed E-state index contributed by atoms with van der Waals surface area (Å²) in [5, 5.41) is 11.0. The topological polar surface area (TPSA) is 54.2 Å². The maximum atomic E-state index is 4.28. The summed E-state index contributed by atoms with van der Waals surface area (Å²) in [5.74, 6) is 0.862. The highest BCUT2D eigenvalue weighted by molar-refractivity contribution is 14.0. The molecule has 2 aromatic rings. The molecule has 0 aromatic carbocycles. The van der Waals surface area contributed by atoms with Crippen LogP contribution >= 0.6 is 35.3 Å². The normalized spacial score (nSPS) is 12.6. The summed E-state index contributed by atoms with van der Waals surface area (Å²) in [6.07, 6.45) is 5.83. The van der Waals surface area contributed by atoms with Gasteiger partial charge in [-0.3, -0.25) is 9.67 Å². The van der Waals surface area contributed by atoms with Crippen LogP contribution in [0, 0.1) is 6.92 Å². The average molecular weight is 447 g/mol. The minimum Gasteiger partial charge on any atom is -0.356 e. The Labute approximate surface area is 159 Å². The van der Waals surface area contributed by atoms with Gasteiger partial charge in [-0.15, -0.1) is 35.3 Å². The molecule has 0 aliphatic heterocycles. The van der Waals surface area contributed by atoms with Gasteiger partial charge in [-0.1, -0.05) is 0 Å². The third-order valence-corrected chi connectivity index (χ3v) is 4.35. The van der Waals surface area contributed by atoms with Gasteiger partial charge < -0.3 is 10.6 Å². The minimum atomic E-state index is 0. The molecule has 0 saturated carbocycles. The molecule has 23 heavy (non-hydrogen) atoms. The fourth-order valence-electron chi connectivity index (χ4n) is 2.26. The van der Waals surface area contributed by atoms with Crippen molar-refractivity contribution >= 4 is 41.3 Å². The van der Waals surface area contributed by atoms with E-state index in [2.05, 4.69) is 46.7 Å². The minimum absolute atomic E-state index is 0. The van der Waals surface area contributed by atoms with E-state index in [-0.39, 0.29) is 24.0 Å². The Morgan fingerprint density at radius 2 is 2.26 bits per heavy atom. The zero-order chi connectivity index (χ0) is 15.8. The monoisotopic (exact) mass is 447 g/mol. The zero-order valence-corrected chi connectivity index (χ0v) is 17.1. The first-order valence-electron chi connectivity index (χ1n) is 7.67. The van der Waals surface area contributed by atoms with Crippen LogP contribution in [-0.2, 0) is 13.0 Å². The molecule has 2 rings (SSSR count). The van der Waals surface area contributed by atoms with Gasteiger partial charge in [-0.05, 0) is 38.5 Å². The van der Waals surface area contributed by atoms with Crippen LogP contribution in [0.2, 0.25) is 0 Å². The molecule has 5 nitrogen and oxygen atoms in total. The Hall–Kier alpha value is -1.09. The van der Waals surface area contributed by atoms with Crippen molar-refractivity contribution in [3.8, 4) is 0 Å². The first-order chi connectivity index (χ1) is 10.7. The molecule has 0 amide bonds. The predicted octanol–water partition coefficient (Wildman–Crippen LogP) is 3.06. The highest BCUT2D eigenvalue weighted by Crippen LogP contribution is 2.16. The fraction of sp³-hybridized carbons (Fsp3) is 0.500. The van der Waals surface area contributed by atoms with Gasteiger partial charge in [0, 0.05) is 54.7 Å². The van der Waals surface area contributed by atoms with Crippen LogP contribution in [0.25, 0.3) is 0 Å².